The number of hydrogen-bond donors (Lipinski definition) is 0. The quantitative estimate of drug-likeness (QED) is 0.229. The Hall–Kier alpha value is -4.01. The Morgan fingerprint density at radius 3 is 2.46 bits per heavy atom. The van der Waals surface area contributed by atoms with Crippen LogP contribution < -0.4 is 9.64 Å². The van der Waals surface area contributed by atoms with Gasteiger partial charge in [-0.25, -0.2) is 0 Å². The highest BCUT2D eigenvalue weighted by Gasteiger charge is 2.47. The van der Waals surface area contributed by atoms with Crippen molar-refractivity contribution in [2.45, 2.75) is 45.4 Å². The molecule has 0 N–H and O–H groups in total. The zero-order chi connectivity index (χ0) is 28.4. The highest BCUT2D eigenvalue weighted by molar-refractivity contribution is 6.08. The summed E-state index contributed by atoms with van der Waals surface area (Å²) in [5, 5.41) is 20.9. The lowest BCUT2D eigenvalue weighted by atomic mass is 9.74. The molecule has 1 spiro atoms. The molecule has 1 amide bonds. The Bertz CT molecular complexity index is 1650. The van der Waals surface area contributed by atoms with Crippen LogP contribution in [-0.4, -0.2) is 53.5 Å². The van der Waals surface area contributed by atoms with E-state index in [9.17, 15) is 10.0 Å². The van der Waals surface area contributed by atoms with E-state index >= 15 is 0 Å². The van der Waals surface area contributed by atoms with Crippen molar-refractivity contribution in [3.63, 3.8) is 0 Å². The number of nitrogens with zero attached hydrogens (tertiary/aromatic N) is 4. The third kappa shape index (κ3) is 4.33. The highest BCUT2D eigenvalue weighted by atomic mass is 16.5. The van der Waals surface area contributed by atoms with Crippen LogP contribution in [0.5, 0.6) is 5.75 Å². The molecular formula is C33H34N4O4. The number of carbonyl (C=O) groups is 1. The largest absolute Gasteiger partial charge is 0.633 e. The number of hydroxylamine groups is 3. The minimum absolute atomic E-state index is 0.0123. The van der Waals surface area contributed by atoms with Crippen LogP contribution in [0.25, 0.3) is 22.6 Å². The molecule has 210 valence electrons. The third-order valence-corrected chi connectivity index (χ3v) is 9.41. The number of benzene rings is 3. The number of quaternary nitrogens is 1. The summed E-state index contributed by atoms with van der Waals surface area (Å²) in [5.41, 5.74) is 7.90. The first-order valence-corrected chi connectivity index (χ1v) is 14.5. The van der Waals surface area contributed by atoms with Gasteiger partial charge in [0.2, 0.25) is 11.8 Å². The van der Waals surface area contributed by atoms with Crippen LogP contribution in [0.15, 0.2) is 59.0 Å². The number of rotatable bonds is 4. The van der Waals surface area contributed by atoms with Gasteiger partial charge in [0, 0.05) is 54.1 Å². The first-order valence-electron chi connectivity index (χ1n) is 14.5. The fourth-order valence-corrected chi connectivity index (χ4v) is 6.74. The number of likely N-dealkylation sites (tertiary alicyclic amines) is 1. The number of aryl methyl sites for hydroxylation is 2. The molecule has 3 aliphatic heterocycles. The summed E-state index contributed by atoms with van der Waals surface area (Å²) in [6.45, 7) is 8.91. The first kappa shape index (κ1) is 25.9. The van der Waals surface area contributed by atoms with Crippen molar-refractivity contribution < 1.29 is 18.6 Å². The molecule has 3 aromatic carbocycles. The van der Waals surface area contributed by atoms with E-state index in [1.54, 1.807) is 6.92 Å². The second kappa shape index (κ2) is 9.53. The van der Waals surface area contributed by atoms with Crippen molar-refractivity contribution in [1.82, 2.24) is 10.2 Å². The Morgan fingerprint density at radius 2 is 1.78 bits per heavy atom. The number of fused-ring (bicyclic) bond motifs is 3. The van der Waals surface area contributed by atoms with Crippen molar-refractivity contribution in [2.24, 2.45) is 0 Å². The molecule has 8 nitrogen and oxygen atoms in total. The molecule has 3 aliphatic rings. The van der Waals surface area contributed by atoms with Gasteiger partial charge in [0.05, 0.1) is 26.2 Å². The molecule has 0 unspecified atom stereocenters. The number of amides is 1. The molecule has 0 atom stereocenters. The van der Waals surface area contributed by atoms with Gasteiger partial charge in [-0.3, -0.25) is 4.79 Å². The second-order valence-electron chi connectivity index (χ2n) is 11.8. The molecule has 0 bridgehead atoms. The maximum absolute atomic E-state index is 13.8. The molecule has 1 saturated heterocycles. The zero-order valence-electron chi connectivity index (χ0n) is 23.8. The minimum Gasteiger partial charge on any atom is -0.633 e. The summed E-state index contributed by atoms with van der Waals surface area (Å²) in [4.78, 5) is 15.7. The van der Waals surface area contributed by atoms with Crippen molar-refractivity contribution in [1.29, 1.82) is 0 Å². The van der Waals surface area contributed by atoms with Crippen LogP contribution in [0.2, 0.25) is 0 Å². The Kier molecular flexibility index (Phi) is 6.03. The summed E-state index contributed by atoms with van der Waals surface area (Å²) < 4.78 is 11.6. The third-order valence-electron chi connectivity index (χ3n) is 9.41. The Labute approximate surface area is 239 Å². The number of carbonyl (C=O) groups excluding carboxylic acids is 1. The van der Waals surface area contributed by atoms with Crippen molar-refractivity contribution >= 4 is 11.6 Å². The van der Waals surface area contributed by atoms with Crippen LogP contribution in [0.3, 0.4) is 0 Å². The SMILES string of the molecule is CC[N+]1([O-])CCC2(CC1)COc1cc3c(cc12)N(C(=O)c1ccc(-c2ccc(-c4nnc(C)o4)cc2)c(C)c1)CC3. The molecule has 0 saturated carbocycles. The van der Waals surface area contributed by atoms with E-state index in [1.165, 1.54) is 5.56 Å². The minimum atomic E-state index is -0.126. The van der Waals surface area contributed by atoms with E-state index in [0.29, 0.717) is 50.1 Å². The maximum atomic E-state index is 13.8. The average molecular weight is 551 g/mol. The highest BCUT2D eigenvalue weighted by Crippen LogP contribution is 2.49. The van der Waals surface area contributed by atoms with Crippen molar-refractivity contribution in [2.75, 3.05) is 37.7 Å². The number of aromatic nitrogens is 2. The monoisotopic (exact) mass is 550 g/mol. The smallest absolute Gasteiger partial charge is 0.258 e. The van der Waals surface area contributed by atoms with E-state index in [0.717, 1.165) is 58.5 Å². The first-order chi connectivity index (χ1) is 19.8. The Balaban J connectivity index is 1.13. The number of ether oxygens (including phenoxy) is 1. The fraction of sp³-hybridized carbons (Fsp3) is 0.364. The average Bonchev–Trinajstić information content (AvgIpc) is 3.71. The predicted octanol–water partition coefficient (Wildman–Crippen LogP) is 5.98. The number of piperidine rings is 1. The fourth-order valence-electron chi connectivity index (χ4n) is 6.74. The van der Waals surface area contributed by atoms with E-state index < -0.39 is 0 Å². The lowest BCUT2D eigenvalue weighted by Crippen LogP contribution is -2.53. The number of hydrogen-bond acceptors (Lipinski definition) is 6. The van der Waals surface area contributed by atoms with Gasteiger partial charge in [0.25, 0.3) is 5.91 Å². The van der Waals surface area contributed by atoms with Gasteiger partial charge in [-0.05, 0) is 78.9 Å². The van der Waals surface area contributed by atoms with Gasteiger partial charge in [-0.2, -0.15) is 0 Å². The summed E-state index contributed by atoms with van der Waals surface area (Å²) >= 11 is 0. The summed E-state index contributed by atoms with van der Waals surface area (Å²) in [5.74, 6) is 1.98. The molecule has 7 rings (SSSR count). The lowest BCUT2D eigenvalue weighted by Gasteiger charge is -2.49. The second-order valence-corrected chi connectivity index (χ2v) is 11.8. The van der Waals surface area contributed by atoms with Crippen LogP contribution in [0.1, 0.15) is 52.7 Å². The summed E-state index contributed by atoms with van der Waals surface area (Å²) in [6, 6.07) is 18.3. The van der Waals surface area contributed by atoms with E-state index in [4.69, 9.17) is 9.15 Å². The lowest BCUT2D eigenvalue weighted by molar-refractivity contribution is -0.885. The zero-order valence-corrected chi connectivity index (χ0v) is 23.8. The van der Waals surface area contributed by atoms with Gasteiger partial charge < -0.3 is 23.9 Å². The van der Waals surface area contributed by atoms with Crippen LogP contribution >= 0.6 is 0 Å². The molecule has 0 radical (unpaired) electrons. The molecule has 1 fully saturated rings. The van der Waals surface area contributed by atoms with Crippen LogP contribution in [0, 0.1) is 19.1 Å². The molecule has 41 heavy (non-hydrogen) atoms. The standard InChI is InChI=1S/C33H34N4O4/c1-4-37(39)15-12-33(13-16-37)20-40-30-18-25-11-14-36(29(25)19-28(30)33)32(38)26-9-10-27(21(2)17-26)23-5-7-24(8-6-23)31-35-34-22(3)41-31/h5-10,17-19H,4,11-16,20H2,1-3H3. The van der Waals surface area contributed by atoms with Gasteiger partial charge >= 0.3 is 0 Å². The van der Waals surface area contributed by atoms with E-state index in [2.05, 4.69) is 22.3 Å². The van der Waals surface area contributed by atoms with Crippen LogP contribution in [0.4, 0.5) is 5.69 Å². The van der Waals surface area contributed by atoms with Crippen molar-refractivity contribution in [3.05, 3.63) is 87.9 Å². The molecule has 4 heterocycles. The summed E-state index contributed by atoms with van der Waals surface area (Å²) in [6.07, 6.45) is 2.45. The molecule has 4 aromatic rings. The molecule has 0 aliphatic carbocycles. The van der Waals surface area contributed by atoms with Gasteiger partial charge in [-0.15, -0.1) is 10.2 Å². The van der Waals surface area contributed by atoms with Gasteiger partial charge in [0.15, 0.2) is 0 Å². The number of anilines is 1. The van der Waals surface area contributed by atoms with E-state index in [-0.39, 0.29) is 16.0 Å². The maximum Gasteiger partial charge on any atom is 0.258 e. The van der Waals surface area contributed by atoms with Gasteiger partial charge in [0.1, 0.15) is 5.75 Å². The van der Waals surface area contributed by atoms with Crippen LogP contribution in [-0.2, 0) is 11.8 Å². The van der Waals surface area contributed by atoms with Crippen molar-refractivity contribution in [3.8, 4) is 28.3 Å². The predicted molar refractivity (Wildman–Crippen MR) is 157 cm³/mol. The molecule has 1 aromatic heterocycles. The summed E-state index contributed by atoms with van der Waals surface area (Å²) in [7, 11) is 0. The molecule has 8 heteroatoms. The topological polar surface area (TPSA) is 91.5 Å². The van der Waals surface area contributed by atoms with E-state index in [1.807, 2.05) is 61.2 Å². The molecular weight excluding hydrogens is 516 g/mol. The van der Waals surface area contributed by atoms with Gasteiger partial charge in [-0.1, -0.05) is 18.2 Å². The Morgan fingerprint density at radius 1 is 1.02 bits per heavy atom. The normalized spacial score (nSPS) is 23.0.